The molecule has 0 aromatic heterocycles. The van der Waals surface area contributed by atoms with Crippen LogP contribution in [0.1, 0.15) is 63.2 Å². The van der Waals surface area contributed by atoms with Gasteiger partial charge < -0.3 is 16.0 Å². The molecular formula is C20H29N3O3. The fourth-order valence-corrected chi connectivity index (χ4v) is 3.04. The van der Waals surface area contributed by atoms with Crippen LogP contribution in [0.2, 0.25) is 0 Å². The monoisotopic (exact) mass is 359 g/mol. The van der Waals surface area contributed by atoms with E-state index in [4.69, 9.17) is 0 Å². The molecule has 1 aliphatic heterocycles. The van der Waals surface area contributed by atoms with Crippen molar-refractivity contribution in [2.24, 2.45) is 5.92 Å². The Kier molecular flexibility index (Phi) is 7.18. The zero-order chi connectivity index (χ0) is 19.1. The van der Waals surface area contributed by atoms with Crippen molar-refractivity contribution in [3.8, 4) is 0 Å². The van der Waals surface area contributed by atoms with Crippen LogP contribution in [0, 0.1) is 5.92 Å². The molecule has 3 amide bonds. The van der Waals surface area contributed by atoms with Gasteiger partial charge in [0.2, 0.25) is 11.8 Å². The third kappa shape index (κ3) is 5.86. The van der Waals surface area contributed by atoms with E-state index in [2.05, 4.69) is 29.8 Å². The van der Waals surface area contributed by atoms with E-state index in [0.717, 1.165) is 19.3 Å². The number of amides is 3. The van der Waals surface area contributed by atoms with E-state index in [0.29, 0.717) is 17.2 Å². The largest absolute Gasteiger partial charge is 0.354 e. The van der Waals surface area contributed by atoms with Crippen molar-refractivity contribution < 1.29 is 14.4 Å². The molecule has 0 spiro atoms. The molecule has 1 heterocycles. The maximum absolute atomic E-state index is 12.3. The van der Waals surface area contributed by atoms with Crippen LogP contribution in [-0.2, 0) is 9.59 Å². The molecule has 6 nitrogen and oxygen atoms in total. The number of hydrogen-bond acceptors (Lipinski definition) is 3. The molecule has 2 atom stereocenters. The van der Waals surface area contributed by atoms with Crippen molar-refractivity contribution in [1.29, 1.82) is 0 Å². The van der Waals surface area contributed by atoms with Crippen LogP contribution in [0.4, 0.5) is 5.69 Å². The van der Waals surface area contributed by atoms with E-state index in [9.17, 15) is 14.4 Å². The van der Waals surface area contributed by atoms with Gasteiger partial charge in [-0.2, -0.15) is 0 Å². The van der Waals surface area contributed by atoms with Crippen LogP contribution < -0.4 is 16.0 Å². The summed E-state index contributed by atoms with van der Waals surface area (Å²) in [6.45, 7) is 6.37. The van der Waals surface area contributed by atoms with Crippen LogP contribution in [0.15, 0.2) is 24.3 Å². The second kappa shape index (κ2) is 9.36. The maximum Gasteiger partial charge on any atom is 0.254 e. The van der Waals surface area contributed by atoms with Gasteiger partial charge in [0.1, 0.15) is 6.04 Å². The Hall–Kier alpha value is -2.37. The van der Waals surface area contributed by atoms with Crippen molar-refractivity contribution in [2.75, 3.05) is 5.32 Å². The number of carbonyl (C=O) groups excluding carboxylic acids is 3. The van der Waals surface area contributed by atoms with Crippen LogP contribution in [0.3, 0.4) is 0 Å². The van der Waals surface area contributed by atoms with E-state index in [1.165, 1.54) is 0 Å². The van der Waals surface area contributed by atoms with Crippen LogP contribution >= 0.6 is 0 Å². The number of carbonyl (C=O) groups is 3. The van der Waals surface area contributed by atoms with Gasteiger partial charge in [0.05, 0.1) is 11.3 Å². The number of fused-ring (bicyclic) bond motifs is 1. The SMILES string of the molecule is CC(C)CCC[C@@H](C)NC(=O)CC[C@H]1NC(=O)c2ccccc2NC1=O. The summed E-state index contributed by atoms with van der Waals surface area (Å²) in [6, 6.07) is 6.28. The van der Waals surface area contributed by atoms with Crippen LogP contribution in [0.5, 0.6) is 0 Å². The molecule has 1 aromatic rings. The first-order valence-corrected chi connectivity index (χ1v) is 9.37. The van der Waals surface area contributed by atoms with Crippen molar-refractivity contribution >= 4 is 23.4 Å². The minimum absolute atomic E-state index is 0.0918. The van der Waals surface area contributed by atoms with Crippen molar-refractivity contribution in [3.05, 3.63) is 29.8 Å². The Morgan fingerprint density at radius 3 is 2.62 bits per heavy atom. The lowest BCUT2D eigenvalue weighted by atomic mass is 10.0. The third-order valence-electron chi connectivity index (χ3n) is 4.54. The number of hydrogen-bond donors (Lipinski definition) is 3. The molecule has 0 bridgehead atoms. The van der Waals surface area contributed by atoms with Gasteiger partial charge in [-0.05, 0) is 37.8 Å². The predicted molar refractivity (Wildman–Crippen MR) is 102 cm³/mol. The molecule has 0 saturated heterocycles. The smallest absolute Gasteiger partial charge is 0.254 e. The predicted octanol–water partition coefficient (Wildman–Crippen LogP) is 2.85. The molecule has 1 aliphatic rings. The molecule has 0 fully saturated rings. The standard InChI is InChI=1S/C20H29N3O3/c1-13(2)7-6-8-14(3)21-18(24)12-11-17-20(26)22-16-10-5-4-9-15(16)19(25)23-17/h4-5,9-10,13-14,17H,6-8,11-12H2,1-3H3,(H,21,24)(H,22,26)(H,23,25)/t14-,17-/m1/s1. The molecule has 6 heteroatoms. The van der Waals surface area contributed by atoms with E-state index >= 15 is 0 Å². The van der Waals surface area contributed by atoms with E-state index < -0.39 is 6.04 Å². The zero-order valence-corrected chi connectivity index (χ0v) is 15.8. The fraction of sp³-hybridized carbons (Fsp3) is 0.550. The fourth-order valence-electron chi connectivity index (χ4n) is 3.04. The molecule has 26 heavy (non-hydrogen) atoms. The average molecular weight is 359 g/mol. The van der Waals surface area contributed by atoms with Crippen molar-refractivity contribution in [1.82, 2.24) is 10.6 Å². The number of nitrogens with one attached hydrogen (secondary N) is 3. The van der Waals surface area contributed by atoms with Gasteiger partial charge >= 0.3 is 0 Å². The van der Waals surface area contributed by atoms with Gasteiger partial charge in [0.25, 0.3) is 5.91 Å². The Morgan fingerprint density at radius 2 is 1.88 bits per heavy atom. The molecule has 0 unspecified atom stereocenters. The number of rotatable bonds is 8. The normalized spacial score (nSPS) is 17.8. The molecule has 142 valence electrons. The number of benzene rings is 1. The van der Waals surface area contributed by atoms with Gasteiger partial charge in [-0.25, -0.2) is 0 Å². The summed E-state index contributed by atoms with van der Waals surface area (Å²) < 4.78 is 0. The molecule has 0 radical (unpaired) electrons. The lowest BCUT2D eigenvalue weighted by Gasteiger charge is -2.17. The zero-order valence-electron chi connectivity index (χ0n) is 15.8. The summed E-state index contributed by atoms with van der Waals surface area (Å²) in [7, 11) is 0. The Bertz CT molecular complexity index is 657. The van der Waals surface area contributed by atoms with Crippen LogP contribution in [0.25, 0.3) is 0 Å². The van der Waals surface area contributed by atoms with Gasteiger partial charge in [-0.15, -0.1) is 0 Å². The first-order valence-electron chi connectivity index (χ1n) is 9.37. The highest BCUT2D eigenvalue weighted by Crippen LogP contribution is 2.19. The minimum Gasteiger partial charge on any atom is -0.354 e. The average Bonchev–Trinajstić information content (AvgIpc) is 2.69. The van der Waals surface area contributed by atoms with Gasteiger partial charge in [-0.3, -0.25) is 14.4 Å². The first-order chi connectivity index (χ1) is 12.4. The second-order valence-electron chi connectivity index (χ2n) is 7.39. The lowest BCUT2D eigenvalue weighted by molar-refractivity contribution is -0.122. The quantitative estimate of drug-likeness (QED) is 0.667. The first kappa shape index (κ1) is 19.9. The summed E-state index contributed by atoms with van der Waals surface area (Å²) >= 11 is 0. The molecule has 3 N–H and O–H groups in total. The van der Waals surface area contributed by atoms with Gasteiger partial charge in [-0.1, -0.05) is 38.8 Å². The van der Waals surface area contributed by atoms with Crippen LogP contribution in [-0.4, -0.2) is 29.8 Å². The number of anilines is 1. The lowest BCUT2D eigenvalue weighted by Crippen LogP contribution is -2.42. The van der Waals surface area contributed by atoms with Crippen molar-refractivity contribution in [3.63, 3.8) is 0 Å². The molecule has 2 rings (SSSR count). The summed E-state index contributed by atoms with van der Waals surface area (Å²) in [4.78, 5) is 36.7. The van der Waals surface area contributed by atoms with Gasteiger partial charge in [0, 0.05) is 12.5 Å². The van der Waals surface area contributed by atoms with E-state index in [-0.39, 0.29) is 36.6 Å². The maximum atomic E-state index is 12.3. The Morgan fingerprint density at radius 1 is 1.15 bits per heavy atom. The third-order valence-corrected chi connectivity index (χ3v) is 4.54. The topological polar surface area (TPSA) is 87.3 Å². The van der Waals surface area contributed by atoms with E-state index in [1.807, 2.05) is 6.92 Å². The summed E-state index contributed by atoms with van der Waals surface area (Å²) in [5.74, 6) is -0.0160. The molecular weight excluding hydrogens is 330 g/mol. The highest BCUT2D eigenvalue weighted by atomic mass is 16.2. The minimum atomic E-state index is -0.711. The highest BCUT2D eigenvalue weighted by molar-refractivity contribution is 6.09. The summed E-state index contributed by atoms with van der Waals surface area (Å²) in [5, 5.41) is 8.43. The second-order valence-corrected chi connectivity index (χ2v) is 7.39. The number of para-hydroxylation sites is 1. The van der Waals surface area contributed by atoms with E-state index in [1.54, 1.807) is 24.3 Å². The molecule has 1 aromatic carbocycles. The van der Waals surface area contributed by atoms with Gasteiger partial charge in [0.15, 0.2) is 0 Å². The Balaban J connectivity index is 1.81. The highest BCUT2D eigenvalue weighted by Gasteiger charge is 2.27. The molecule has 0 saturated carbocycles. The summed E-state index contributed by atoms with van der Waals surface area (Å²) in [5.41, 5.74) is 0.937. The Labute approximate surface area is 155 Å². The van der Waals surface area contributed by atoms with Crippen molar-refractivity contribution in [2.45, 2.75) is 65.0 Å². The molecule has 0 aliphatic carbocycles. The summed E-state index contributed by atoms with van der Waals surface area (Å²) in [6.07, 6.45) is 3.65.